The number of rotatable bonds is 7. The van der Waals surface area contributed by atoms with Crippen molar-refractivity contribution >= 4 is 39.7 Å². The summed E-state index contributed by atoms with van der Waals surface area (Å²) in [7, 11) is 1.59. The molecule has 39 heavy (non-hydrogen) atoms. The fourth-order valence-electron chi connectivity index (χ4n) is 4.27. The second-order valence-electron chi connectivity index (χ2n) is 8.69. The Morgan fingerprint density at radius 1 is 1.00 bits per heavy atom. The number of fused-ring (bicyclic) bond motifs is 2. The van der Waals surface area contributed by atoms with Crippen LogP contribution in [0.4, 0.5) is 0 Å². The van der Waals surface area contributed by atoms with E-state index in [1.807, 2.05) is 78.9 Å². The van der Waals surface area contributed by atoms with E-state index in [1.165, 1.54) is 4.68 Å². The summed E-state index contributed by atoms with van der Waals surface area (Å²) in [6.45, 7) is 0.553. The van der Waals surface area contributed by atoms with Crippen LogP contribution in [0.5, 0.6) is 23.0 Å². The minimum Gasteiger partial charge on any atom is -0.493 e. The Kier molecular flexibility index (Phi) is 6.89. The molecule has 0 unspecified atom stereocenters. The highest BCUT2D eigenvalue weighted by molar-refractivity contribution is 14.1. The van der Waals surface area contributed by atoms with E-state index in [2.05, 4.69) is 27.7 Å². The molecule has 2 heterocycles. The molecule has 0 atom stereocenters. The van der Waals surface area contributed by atoms with Gasteiger partial charge in [0.2, 0.25) is 6.79 Å². The van der Waals surface area contributed by atoms with Crippen LogP contribution in [0, 0.1) is 3.57 Å². The topological polar surface area (TPSA) is 84.2 Å². The molecule has 0 N–H and O–H groups in total. The molecular weight excluding hydrogens is 609 g/mol. The summed E-state index contributed by atoms with van der Waals surface area (Å²) in [4.78, 5) is 18.2. The van der Waals surface area contributed by atoms with Crippen molar-refractivity contribution in [1.29, 1.82) is 0 Å². The maximum atomic E-state index is 13.4. The molecule has 0 saturated carbocycles. The zero-order chi connectivity index (χ0) is 26.8. The third-order valence-electron chi connectivity index (χ3n) is 6.18. The van der Waals surface area contributed by atoms with Crippen LogP contribution in [0.15, 0.2) is 94.8 Å². The molecule has 0 fully saturated rings. The first-order valence-electron chi connectivity index (χ1n) is 12.1. The van der Waals surface area contributed by atoms with Gasteiger partial charge in [0.15, 0.2) is 28.8 Å². The van der Waals surface area contributed by atoms with Crippen molar-refractivity contribution in [1.82, 2.24) is 9.66 Å². The van der Waals surface area contributed by atoms with Crippen LogP contribution in [0.25, 0.3) is 22.3 Å². The normalized spacial score (nSPS) is 12.3. The maximum absolute atomic E-state index is 13.4. The first-order chi connectivity index (χ1) is 19.1. The predicted octanol–water partition coefficient (Wildman–Crippen LogP) is 5.87. The van der Waals surface area contributed by atoms with Crippen LogP contribution in [0.3, 0.4) is 0 Å². The van der Waals surface area contributed by atoms with Crippen LogP contribution in [0.1, 0.15) is 11.1 Å². The largest absolute Gasteiger partial charge is 0.493 e. The van der Waals surface area contributed by atoms with Crippen molar-refractivity contribution in [2.45, 2.75) is 6.61 Å². The van der Waals surface area contributed by atoms with E-state index in [1.54, 1.807) is 19.4 Å². The van der Waals surface area contributed by atoms with Gasteiger partial charge in [-0.25, -0.2) is 4.98 Å². The quantitative estimate of drug-likeness (QED) is 0.165. The monoisotopic (exact) mass is 631 g/mol. The molecule has 0 radical (unpaired) electrons. The number of methoxy groups -OCH3 is 1. The predicted molar refractivity (Wildman–Crippen MR) is 157 cm³/mol. The number of halogens is 1. The van der Waals surface area contributed by atoms with Gasteiger partial charge in [0, 0.05) is 5.56 Å². The molecule has 0 amide bonds. The summed E-state index contributed by atoms with van der Waals surface area (Å²) in [5, 5.41) is 5.06. The Morgan fingerprint density at radius 2 is 1.79 bits per heavy atom. The van der Waals surface area contributed by atoms with Crippen molar-refractivity contribution in [3.63, 3.8) is 0 Å². The second kappa shape index (κ2) is 10.8. The highest BCUT2D eigenvalue weighted by atomic mass is 127. The average Bonchev–Trinajstić information content (AvgIpc) is 3.44. The fraction of sp³-hybridized carbons (Fsp3) is 0.100. The summed E-state index contributed by atoms with van der Waals surface area (Å²) in [5.74, 6) is 3.06. The van der Waals surface area contributed by atoms with Gasteiger partial charge in [-0.2, -0.15) is 9.78 Å². The first kappa shape index (κ1) is 24.9. The molecule has 0 aliphatic carbocycles. The Labute approximate surface area is 237 Å². The summed E-state index contributed by atoms with van der Waals surface area (Å²) in [6.07, 6.45) is 1.62. The number of nitrogens with zero attached hydrogens (tertiary/aromatic N) is 3. The van der Waals surface area contributed by atoms with Gasteiger partial charge >= 0.3 is 0 Å². The zero-order valence-electron chi connectivity index (χ0n) is 20.8. The molecule has 9 heteroatoms. The van der Waals surface area contributed by atoms with E-state index in [9.17, 15) is 4.79 Å². The van der Waals surface area contributed by atoms with Gasteiger partial charge < -0.3 is 18.9 Å². The lowest BCUT2D eigenvalue weighted by molar-refractivity contribution is 0.174. The molecule has 194 valence electrons. The van der Waals surface area contributed by atoms with Crippen molar-refractivity contribution in [3.05, 3.63) is 110 Å². The fourth-order valence-corrected chi connectivity index (χ4v) is 5.05. The molecule has 0 bridgehead atoms. The van der Waals surface area contributed by atoms with E-state index in [0.717, 1.165) is 26.0 Å². The van der Waals surface area contributed by atoms with Gasteiger partial charge in [-0.3, -0.25) is 4.79 Å². The Hall–Kier alpha value is -4.38. The molecule has 1 aliphatic rings. The Balaban J connectivity index is 1.33. The van der Waals surface area contributed by atoms with E-state index < -0.39 is 0 Å². The zero-order valence-corrected chi connectivity index (χ0v) is 23.0. The number of ether oxygens (including phenoxy) is 4. The SMILES string of the molecule is COc1cc(C=Nn2c(-c3ccccc3)nc3ccccc3c2=O)cc(I)c1OCc1ccc2c(c1)OCO2. The molecule has 5 aromatic rings. The number of benzene rings is 4. The summed E-state index contributed by atoms with van der Waals surface area (Å²) in [5.41, 5.74) is 2.84. The summed E-state index contributed by atoms with van der Waals surface area (Å²) >= 11 is 2.20. The molecule has 0 spiro atoms. The van der Waals surface area contributed by atoms with E-state index >= 15 is 0 Å². The van der Waals surface area contributed by atoms with Gasteiger partial charge in [-0.1, -0.05) is 48.5 Å². The van der Waals surface area contributed by atoms with E-state index in [-0.39, 0.29) is 12.4 Å². The maximum Gasteiger partial charge on any atom is 0.282 e. The molecule has 0 saturated heterocycles. The molecule has 6 rings (SSSR count). The Bertz CT molecular complexity index is 1770. The summed E-state index contributed by atoms with van der Waals surface area (Å²) in [6, 6.07) is 26.2. The number of para-hydroxylation sites is 1. The van der Waals surface area contributed by atoms with Gasteiger partial charge in [0.25, 0.3) is 5.56 Å². The van der Waals surface area contributed by atoms with Gasteiger partial charge in [-0.15, -0.1) is 0 Å². The average molecular weight is 631 g/mol. The Morgan fingerprint density at radius 3 is 2.64 bits per heavy atom. The highest BCUT2D eigenvalue weighted by Gasteiger charge is 2.16. The number of hydrogen-bond donors (Lipinski definition) is 0. The van der Waals surface area contributed by atoms with Crippen LogP contribution in [0.2, 0.25) is 0 Å². The third kappa shape index (κ3) is 5.05. The van der Waals surface area contributed by atoms with Crippen LogP contribution >= 0.6 is 22.6 Å². The van der Waals surface area contributed by atoms with Gasteiger partial charge in [0.1, 0.15) is 6.61 Å². The van der Waals surface area contributed by atoms with Gasteiger partial charge in [0.05, 0.1) is 27.8 Å². The lowest BCUT2D eigenvalue weighted by Crippen LogP contribution is -2.20. The van der Waals surface area contributed by atoms with Gasteiger partial charge in [-0.05, 0) is 70.1 Å². The van der Waals surface area contributed by atoms with Crippen molar-refractivity contribution < 1.29 is 18.9 Å². The number of aromatic nitrogens is 2. The molecule has 8 nitrogen and oxygen atoms in total. The third-order valence-corrected chi connectivity index (χ3v) is 6.98. The highest BCUT2D eigenvalue weighted by Crippen LogP contribution is 2.36. The molecule has 1 aliphatic heterocycles. The second-order valence-corrected chi connectivity index (χ2v) is 9.85. The molecule has 4 aromatic carbocycles. The number of hydrogen-bond acceptors (Lipinski definition) is 7. The minimum atomic E-state index is -0.249. The standard InChI is InChI=1S/C30H22IN3O5/c1-36-27-15-20(13-23(31)28(27)37-17-19-11-12-25-26(14-19)39-18-38-25)16-32-34-29(21-7-3-2-4-8-21)33-24-10-6-5-9-22(24)30(34)35/h2-16H,17-18H2,1H3. The lowest BCUT2D eigenvalue weighted by Gasteiger charge is -2.14. The molecule has 1 aromatic heterocycles. The van der Waals surface area contributed by atoms with Crippen molar-refractivity contribution in [2.75, 3.05) is 13.9 Å². The van der Waals surface area contributed by atoms with Crippen molar-refractivity contribution in [3.8, 4) is 34.4 Å². The molecular formula is C30H22IN3O5. The summed E-state index contributed by atoms with van der Waals surface area (Å²) < 4.78 is 24.8. The smallest absolute Gasteiger partial charge is 0.282 e. The van der Waals surface area contributed by atoms with Crippen molar-refractivity contribution in [2.24, 2.45) is 5.10 Å². The first-order valence-corrected chi connectivity index (χ1v) is 13.2. The minimum absolute atomic E-state index is 0.225. The van der Waals surface area contributed by atoms with E-state index in [0.29, 0.717) is 40.6 Å². The van der Waals surface area contributed by atoms with Crippen LogP contribution in [-0.2, 0) is 6.61 Å². The van der Waals surface area contributed by atoms with E-state index in [4.69, 9.17) is 23.9 Å². The van der Waals surface area contributed by atoms with Crippen LogP contribution < -0.4 is 24.5 Å². The lowest BCUT2D eigenvalue weighted by atomic mass is 10.2. The van der Waals surface area contributed by atoms with Crippen LogP contribution in [-0.4, -0.2) is 29.8 Å².